The number of nitro benzene ring substituents is 1. The fourth-order valence-electron chi connectivity index (χ4n) is 3.67. The van der Waals surface area contributed by atoms with E-state index in [1.165, 1.54) is 6.07 Å². The number of non-ortho nitro benzene ring substituents is 1. The molecule has 3 heterocycles. The molecule has 0 spiro atoms. The lowest BCUT2D eigenvalue weighted by Crippen LogP contribution is -2.34. The molecule has 2 aliphatic heterocycles. The van der Waals surface area contributed by atoms with Crippen molar-refractivity contribution in [1.29, 1.82) is 0 Å². The maximum absolute atomic E-state index is 12.1. The van der Waals surface area contributed by atoms with Crippen LogP contribution in [0, 0.1) is 10.1 Å². The predicted molar refractivity (Wildman–Crippen MR) is 104 cm³/mol. The van der Waals surface area contributed by atoms with Crippen molar-refractivity contribution in [2.75, 3.05) is 13.1 Å². The largest absolute Gasteiger partial charge is 0.402 e. The Bertz CT molecular complexity index is 1100. The second-order valence-corrected chi connectivity index (χ2v) is 7.14. The minimum atomic E-state index is -0.826. The van der Waals surface area contributed by atoms with Crippen LogP contribution in [-0.4, -0.2) is 45.6 Å². The van der Waals surface area contributed by atoms with Crippen LogP contribution in [0.25, 0.3) is 16.5 Å². The maximum Gasteiger partial charge on any atom is 0.356 e. The van der Waals surface area contributed by atoms with Gasteiger partial charge in [0.25, 0.3) is 5.69 Å². The molecule has 0 amide bonds. The molecule has 0 saturated carbocycles. The first kappa shape index (κ1) is 18.9. The van der Waals surface area contributed by atoms with Crippen LogP contribution in [0.15, 0.2) is 36.4 Å². The highest BCUT2D eigenvalue weighted by atomic mass is 16.7. The predicted octanol–water partition coefficient (Wildman–Crippen LogP) is 2.48. The molecule has 150 valence electrons. The molecule has 1 aromatic carbocycles. The van der Waals surface area contributed by atoms with E-state index in [9.17, 15) is 19.7 Å². The van der Waals surface area contributed by atoms with Gasteiger partial charge in [-0.1, -0.05) is 18.2 Å². The molecule has 1 aromatic heterocycles. The van der Waals surface area contributed by atoms with E-state index in [1.54, 1.807) is 12.1 Å². The van der Waals surface area contributed by atoms with Gasteiger partial charge in [0.15, 0.2) is 5.52 Å². The number of para-hydroxylation sites is 1. The van der Waals surface area contributed by atoms with E-state index >= 15 is 0 Å². The van der Waals surface area contributed by atoms with Gasteiger partial charge in [0.2, 0.25) is 5.88 Å². The van der Waals surface area contributed by atoms with E-state index in [2.05, 4.69) is 18.7 Å². The van der Waals surface area contributed by atoms with Gasteiger partial charge in [-0.05, 0) is 25.8 Å². The van der Waals surface area contributed by atoms with Gasteiger partial charge in [-0.3, -0.25) is 15.0 Å². The Labute approximate surface area is 165 Å². The minimum absolute atomic E-state index is 0.0266. The van der Waals surface area contributed by atoms with Crippen molar-refractivity contribution in [3.05, 3.63) is 52.1 Å². The minimum Gasteiger partial charge on any atom is -0.402 e. The van der Waals surface area contributed by atoms with Gasteiger partial charge >= 0.3 is 11.9 Å². The van der Waals surface area contributed by atoms with Gasteiger partial charge < -0.3 is 9.57 Å². The summed E-state index contributed by atoms with van der Waals surface area (Å²) in [5.41, 5.74) is 1.24. The number of rotatable bonds is 3. The van der Waals surface area contributed by atoms with Crippen molar-refractivity contribution in [1.82, 2.24) is 9.63 Å². The molecule has 0 radical (unpaired) electrons. The third kappa shape index (κ3) is 3.29. The molecule has 4 rings (SSSR count). The maximum atomic E-state index is 12.1. The van der Waals surface area contributed by atoms with Crippen molar-refractivity contribution in [3.63, 3.8) is 0 Å². The Morgan fingerprint density at radius 1 is 1.17 bits per heavy atom. The number of benzene rings is 1. The first-order chi connectivity index (χ1) is 13.9. The van der Waals surface area contributed by atoms with Crippen LogP contribution in [0.4, 0.5) is 5.69 Å². The van der Waals surface area contributed by atoms with Gasteiger partial charge in [0.05, 0.1) is 10.5 Å². The molecule has 0 fully saturated rings. The third-order valence-electron chi connectivity index (χ3n) is 5.11. The Balaban J connectivity index is 1.98. The molecule has 0 atom stereocenters. The molecule has 2 aliphatic rings. The molecular weight excluding hydrogens is 378 g/mol. The number of ether oxygens (including phenoxy) is 1. The first-order valence-electron chi connectivity index (χ1n) is 9.24. The van der Waals surface area contributed by atoms with Crippen molar-refractivity contribution < 1.29 is 24.1 Å². The van der Waals surface area contributed by atoms with E-state index in [-0.39, 0.29) is 17.1 Å². The lowest BCUT2D eigenvalue weighted by molar-refractivity contribution is -0.383. The molecule has 0 unspecified atom stereocenters. The number of hydrogen-bond donors (Lipinski definition) is 0. The number of nitro groups is 1. The lowest BCUT2D eigenvalue weighted by atomic mass is 9.97. The summed E-state index contributed by atoms with van der Waals surface area (Å²) in [5, 5.41) is 12.1. The topological polar surface area (TPSA) is 104 Å². The summed E-state index contributed by atoms with van der Waals surface area (Å²) in [7, 11) is 0. The third-order valence-corrected chi connectivity index (χ3v) is 5.11. The Hall–Kier alpha value is -3.46. The molecule has 0 aliphatic carbocycles. The smallest absolute Gasteiger partial charge is 0.356 e. The van der Waals surface area contributed by atoms with Crippen molar-refractivity contribution in [3.8, 4) is 5.88 Å². The zero-order chi connectivity index (χ0) is 20.7. The van der Waals surface area contributed by atoms with E-state index in [4.69, 9.17) is 9.57 Å². The quantitative estimate of drug-likeness (QED) is 0.445. The molecule has 9 nitrogen and oxygen atoms in total. The molecule has 0 N–H and O–H groups in total. The van der Waals surface area contributed by atoms with Crippen molar-refractivity contribution in [2.24, 2.45) is 0 Å². The van der Waals surface area contributed by atoms with Gasteiger partial charge in [-0.25, -0.2) is 9.59 Å². The number of esters is 1. The average Bonchev–Trinajstić information content (AvgIpc) is 2.98. The van der Waals surface area contributed by atoms with Crippen molar-refractivity contribution >= 4 is 34.1 Å². The van der Waals surface area contributed by atoms with Gasteiger partial charge in [-0.15, -0.1) is 4.73 Å². The highest BCUT2D eigenvalue weighted by Gasteiger charge is 2.32. The average molecular weight is 397 g/mol. The molecule has 0 bridgehead atoms. The summed E-state index contributed by atoms with van der Waals surface area (Å²) in [6.07, 6.45) is 4.57. The fourth-order valence-corrected chi connectivity index (χ4v) is 3.67. The fraction of sp³-hybridized carbons (Fsp3) is 0.300. The summed E-state index contributed by atoms with van der Waals surface area (Å²) in [4.78, 5) is 42.8. The summed E-state index contributed by atoms with van der Waals surface area (Å²) in [6.45, 7) is 5.71. The Kier molecular flexibility index (Phi) is 4.67. The lowest BCUT2D eigenvalue weighted by Gasteiger charge is -2.29. The zero-order valence-electron chi connectivity index (χ0n) is 16.0. The molecule has 9 heteroatoms. The van der Waals surface area contributed by atoms with E-state index in [0.29, 0.717) is 30.0 Å². The molecule has 29 heavy (non-hydrogen) atoms. The number of fused-ring (bicyclic) bond motifs is 3. The standard InChI is InChI=1S/C20H19N3O6/c1-12(2)21-10-8-13(9-11-21)18-14-4-3-5-15(23(26)27)19(14)22-20(18)28-16(24)6-7-17(25)29-22/h3-8,12H,9-11H2,1-2H3/b7-6-. The Morgan fingerprint density at radius 3 is 2.59 bits per heavy atom. The highest BCUT2D eigenvalue weighted by Crippen LogP contribution is 2.42. The van der Waals surface area contributed by atoms with Crippen molar-refractivity contribution in [2.45, 2.75) is 26.3 Å². The molecular formula is C20H19N3O6. The van der Waals surface area contributed by atoms with Crippen LogP contribution < -0.4 is 9.57 Å². The monoisotopic (exact) mass is 397 g/mol. The molecule has 0 saturated heterocycles. The first-order valence-corrected chi connectivity index (χ1v) is 9.24. The van der Waals surface area contributed by atoms with Gasteiger partial charge in [0.1, 0.15) is 0 Å². The SMILES string of the molecule is CC(C)N1CC=C(c2c3n(c4c([N+](=O)[O-])cccc24)OC(=O)/C=C\C(=O)O3)CC1. The number of carbonyl (C=O) groups excluding carboxylic acids is 2. The molecule has 2 aromatic rings. The van der Waals surface area contributed by atoms with E-state index in [0.717, 1.165) is 29.0 Å². The van der Waals surface area contributed by atoms with Crippen LogP contribution in [0.2, 0.25) is 0 Å². The van der Waals surface area contributed by atoms with Gasteiger partial charge in [-0.2, -0.15) is 0 Å². The highest BCUT2D eigenvalue weighted by molar-refractivity contribution is 6.03. The summed E-state index contributed by atoms with van der Waals surface area (Å²) < 4.78 is 6.41. The van der Waals surface area contributed by atoms with E-state index in [1.807, 2.05) is 6.08 Å². The summed E-state index contributed by atoms with van der Waals surface area (Å²) in [5.74, 6) is -1.61. The second-order valence-electron chi connectivity index (χ2n) is 7.14. The van der Waals surface area contributed by atoms with Crippen LogP contribution in [0.1, 0.15) is 25.8 Å². The van der Waals surface area contributed by atoms with E-state index < -0.39 is 16.9 Å². The number of carbonyl (C=O) groups is 2. The number of hydrogen-bond acceptors (Lipinski definition) is 7. The Morgan fingerprint density at radius 2 is 1.93 bits per heavy atom. The van der Waals surface area contributed by atoms with Crippen LogP contribution in [-0.2, 0) is 9.59 Å². The van der Waals surface area contributed by atoms with Crippen LogP contribution in [0.5, 0.6) is 5.88 Å². The summed E-state index contributed by atoms with van der Waals surface area (Å²) in [6, 6.07) is 4.95. The summed E-state index contributed by atoms with van der Waals surface area (Å²) >= 11 is 0. The second kappa shape index (κ2) is 7.17. The van der Waals surface area contributed by atoms with Crippen LogP contribution in [0.3, 0.4) is 0 Å². The zero-order valence-corrected chi connectivity index (χ0v) is 16.0. The number of nitrogens with zero attached hydrogens (tertiary/aromatic N) is 3. The normalized spacial score (nSPS) is 18.5. The van der Waals surface area contributed by atoms with Gasteiger partial charge in [0, 0.05) is 42.7 Å². The van der Waals surface area contributed by atoms with Crippen LogP contribution >= 0.6 is 0 Å². The number of aromatic nitrogens is 1.